The minimum atomic E-state index is -0.687. The van der Waals surface area contributed by atoms with E-state index in [0.717, 1.165) is 19.3 Å². The van der Waals surface area contributed by atoms with Crippen molar-refractivity contribution in [2.24, 2.45) is 7.05 Å². The lowest BCUT2D eigenvalue weighted by Gasteiger charge is -2.31. The molecule has 1 atom stereocenters. The Morgan fingerprint density at radius 1 is 1.60 bits per heavy atom. The largest absolute Gasteiger partial charge is 0.367 e. The number of carbonyl (C=O) groups is 1. The van der Waals surface area contributed by atoms with Gasteiger partial charge in [-0.1, -0.05) is 5.21 Å². The second-order valence-electron chi connectivity index (χ2n) is 4.11. The molecule has 5 heteroatoms. The first-order chi connectivity index (χ1) is 7.13. The van der Waals surface area contributed by atoms with E-state index >= 15 is 0 Å². The van der Waals surface area contributed by atoms with Gasteiger partial charge in [0, 0.05) is 13.7 Å². The number of hydrogen-bond donors (Lipinski definition) is 0. The number of ketones is 1. The van der Waals surface area contributed by atoms with Crippen molar-refractivity contribution < 1.29 is 9.53 Å². The number of ether oxygens (including phenoxy) is 1. The molecule has 15 heavy (non-hydrogen) atoms. The molecule has 2 rings (SSSR count). The molecule has 1 fully saturated rings. The van der Waals surface area contributed by atoms with Gasteiger partial charge in [-0.05, 0) is 26.2 Å². The average Bonchev–Trinajstić information content (AvgIpc) is 2.64. The minimum absolute atomic E-state index is 0.0188. The van der Waals surface area contributed by atoms with Crippen LogP contribution in [0.5, 0.6) is 0 Å². The summed E-state index contributed by atoms with van der Waals surface area (Å²) in [7, 11) is 1.71. The summed E-state index contributed by atoms with van der Waals surface area (Å²) in [6.07, 6.45) is 4.34. The first-order valence-corrected chi connectivity index (χ1v) is 5.17. The first-order valence-electron chi connectivity index (χ1n) is 5.17. The maximum absolute atomic E-state index is 12.2. The van der Waals surface area contributed by atoms with E-state index in [-0.39, 0.29) is 5.78 Å². The van der Waals surface area contributed by atoms with Gasteiger partial charge in [0.05, 0.1) is 6.20 Å². The number of aryl methyl sites for hydroxylation is 1. The lowest BCUT2D eigenvalue weighted by atomic mass is 9.90. The Hall–Kier alpha value is -1.23. The molecule has 82 valence electrons. The Morgan fingerprint density at radius 2 is 2.40 bits per heavy atom. The molecular formula is C10H15N3O2. The fourth-order valence-electron chi connectivity index (χ4n) is 1.88. The van der Waals surface area contributed by atoms with Crippen LogP contribution in [0.4, 0.5) is 0 Å². The molecule has 0 aromatic carbocycles. The zero-order valence-electron chi connectivity index (χ0n) is 9.06. The number of nitrogens with zero attached hydrogens (tertiary/aromatic N) is 3. The van der Waals surface area contributed by atoms with Gasteiger partial charge in [0.25, 0.3) is 0 Å². The highest BCUT2D eigenvalue weighted by atomic mass is 16.5. The van der Waals surface area contributed by atoms with Gasteiger partial charge in [-0.25, -0.2) is 4.68 Å². The highest BCUT2D eigenvalue weighted by molar-refractivity contribution is 6.00. The third kappa shape index (κ3) is 1.79. The quantitative estimate of drug-likeness (QED) is 0.681. The van der Waals surface area contributed by atoms with Gasteiger partial charge in [0.1, 0.15) is 11.3 Å². The Labute approximate surface area is 88.4 Å². The molecule has 0 radical (unpaired) electrons. The molecule has 2 heterocycles. The van der Waals surface area contributed by atoms with Crippen LogP contribution < -0.4 is 0 Å². The Balaban J connectivity index is 2.23. The molecule has 1 aliphatic heterocycles. The number of rotatable bonds is 2. The van der Waals surface area contributed by atoms with Crippen molar-refractivity contribution in [3.63, 3.8) is 0 Å². The molecule has 0 saturated carbocycles. The molecule has 0 spiro atoms. The summed E-state index contributed by atoms with van der Waals surface area (Å²) >= 11 is 0. The fourth-order valence-corrected chi connectivity index (χ4v) is 1.88. The molecule has 1 aromatic rings. The summed E-state index contributed by atoms with van der Waals surface area (Å²) in [5.41, 5.74) is -0.173. The smallest absolute Gasteiger partial charge is 0.213 e. The Kier molecular flexibility index (Phi) is 2.56. The highest BCUT2D eigenvalue weighted by Crippen LogP contribution is 2.27. The number of hydrogen-bond acceptors (Lipinski definition) is 4. The second-order valence-corrected chi connectivity index (χ2v) is 4.11. The van der Waals surface area contributed by atoms with Crippen molar-refractivity contribution in [2.75, 3.05) is 6.61 Å². The summed E-state index contributed by atoms with van der Waals surface area (Å²) in [5, 5.41) is 7.46. The predicted octanol–water partition coefficient (Wildman–Crippen LogP) is 0.957. The van der Waals surface area contributed by atoms with E-state index in [4.69, 9.17) is 4.74 Å². The van der Waals surface area contributed by atoms with Gasteiger partial charge in [-0.15, -0.1) is 5.10 Å². The lowest BCUT2D eigenvalue weighted by molar-refractivity contribution is -0.0431. The van der Waals surface area contributed by atoms with Crippen molar-refractivity contribution in [1.82, 2.24) is 15.0 Å². The SMILES string of the molecule is Cn1nncc1C(=O)C1(C)CCCCO1. The molecule has 0 aliphatic carbocycles. The van der Waals surface area contributed by atoms with Crippen LogP contribution in [0.2, 0.25) is 0 Å². The van der Waals surface area contributed by atoms with Crippen LogP contribution in [0.25, 0.3) is 0 Å². The van der Waals surface area contributed by atoms with Crippen LogP contribution in [-0.2, 0) is 11.8 Å². The molecule has 0 amide bonds. The lowest BCUT2D eigenvalue weighted by Crippen LogP contribution is -2.42. The monoisotopic (exact) mass is 209 g/mol. The molecule has 5 nitrogen and oxygen atoms in total. The molecule has 1 saturated heterocycles. The van der Waals surface area contributed by atoms with E-state index in [0.29, 0.717) is 12.3 Å². The minimum Gasteiger partial charge on any atom is -0.367 e. The van der Waals surface area contributed by atoms with Gasteiger partial charge >= 0.3 is 0 Å². The Morgan fingerprint density at radius 3 is 2.93 bits per heavy atom. The van der Waals surface area contributed by atoms with Gasteiger partial charge in [0.15, 0.2) is 0 Å². The van der Waals surface area contributed by atoms with Crippen LogP contribution in [0.3, 0.4) is 0 Å². The van der Waals surface area contributed by atoms with E-state index in [9.17, 15) is 4.79 Å². The van der Waals surface area contributed by atoms with Crippen molar-refractivity contribution in [3.05, 3.63) is 11.9 Å². The topological polar surface area (TPSA) is 57.0 Å². The first kappa shape index (κ1) is 10.3. The van der Waals surface area contributed by atoms with E-state index in [2.05, 4.69) is 10.3 Å². The molecule has 0 bridgehead atoms. The molecular weight excluding hydrogens is 194 g/mol. The Bertz CT molecular complexity index is 366. The van der Waals surface area contributed by atoms with E-state index in [1.807, 2.05) is 6.92 Å². The van der Waals surface area contributed by atoms with Crippen LogP contribution in [0, 0.1) is 0 Å². The zero-order chi connectivity index (χ0) is 10.9. The van der Waals surface area contributed by atoms with Gasteiger partial charge in [0.2, 0.25) is 5.78 Å². The summed E-state index contributed by atoms with van der Waals surface area (Å²) in [6.45, 7) is 2.51. The van der Waals surface area contributed by atoms with Gasteiger partial charge in [-0.3, -0.25) is 4.79 Å². The predicted molar refractivity (Wildman–Crippen MR) is 53.5 cm³/mol. The summed E-state index contributed by atoms with van der Waals surface area (Å²) in [4.78, 5) is 12.2. The van der Waals surface area contributed by atoms with Gasteiger partial charge < -0.3 is 4.74 Å². The standard InChI is InChI=1S/C10H15N3O2/c1-10(5-3-4-6-15-10)9(14)8-7-11-12-13(8)2/h7H,3-6H2,1-2H3. The van der Waals surface area contributed by atoms with Crippen LogP contribution in [0.1, 0.15) is 36.7 Å². The van der Waals surface area contributed by atoms with E-state index in [1.54, 1.807) is 7.05 Å². The number of aromatic nitrogens is 3. The van der Waals surface area contributed by atoms with Gasteiger partial charge in [-0.2, -0.15) is 0 Å². The van der Waals surface area contributed by atoms with Crippen LogP contribution in [0.15, 0.2) is 6.20 Å². The summed E-state index contributed by atoms with van der Waals surface area (Å²) in [6, 6.07) is 0. The van der Waals surface area contributed by atoms with E-state index < -0.39 is 5.60 Å². The van der Waals surface area contributed by atoms with Crippen molar-refractivity contribution in [2.45, 2.75) is 31.8 Å². The molecule has 1 unspecified atom stereocenters. The summed E-state index contributed by atoms with van der Waals surface area (Å²) in [5.74, 6) is -0.0188. The molecule has 1 aromatic heterocycles. The second kappa shape index (κ2) is 3.73. The number of Topliss-reactive ketones (excluding diaryl/α,β-unsaturated/α-hetero) is 1. The molecule has 1 aliphatic rings. The maximum Gasteiger partial charge on any atom is 0.213 e. The maximum atomic E-state index is 12.2. The van der Waals surface area contributed by atoms with Crippen molar-refractivity contribution in [1.29, 1.82) is 0 Å². The summed E-state index contributed by atoms with van der Waals surface area (Å²) < 4.78 is 7.08. The highest BCUT2D eigenvalue weighted by Gasteiger charge is 2.38. The normalized spacial score (nSPS) is 26.5. The fraction of sp³-hybridized carbons (Fsp3) is 0.700. The zero-order valence-corrected chi connectivity index (χ0v) is 9.06. The van der Waals surface area contributed by atoms with Crippen LogP contribution >= 0.6 is 0 Å². The van der Waals surface area contributed by atoms with Crippen molar-refractivity contribution in [3.8, 4) is 0 Å². The average molecular weight is 209 g/mol. The number of carbonyl (C=O) groups excluding carboxylic acids is 1. The molecule has 0 N–H and O–H groups in total. The third-order valence-corrected chi connectivity index (χ3v) is 2.90. The third-order valence-electron chi connectivity index (χ3n) is 2.90. The van der Waals surface area contributed by atoms with Crippen LogP contribution in [-0.4, -0.2) is 33.0 Å². The van der Waals surface area contributed by atoms with Crippen molar-refractivity contribution >= 4 is 5.78 Å². The van der Waals surface area contributed by atoms with E-state index in [1.165, 1.54) is 10.9 Å².